The van der Waals surface area contributed by atoms with Crippen molar-refractivity contribution >= 4 is 11.4 Å². The molecule has 1 N–H and O–H groups in total. The first-order valence-electron chi connectivity index (χ1n) is 3.94. The van der Waals surface area contributed by atoms with Crippen molar-refractivity contribution in [3.63, 3.8) is 0 Å². The van der Waals surface area contributed by atoms with Crippen LogP contribution in [0, 0.1) is 21.7 Å². The van der Waals surface area contributed by atoms with Crippen molar-refractivity contribution in [2.75, 3.05) is 11.9 Å². The molecule has 0 radical (unpaired) electrons. The Kier molecular flexibility index (Phi) is 2.95. The highest BCUT2D eigenvalue weighted by atomic mass is 19.2. The first-order chi connectivity index (χ1) is 6.57. The van der Waals surface area contributed by atoms with Crippen LogP contribution in [0.1, 0.15) is 6.92 Å². The van der Waals surface area contributed by atoms with Gasteiger partial charge in [-0.15, -0.1) is 0 Å². The van der Waals surface area contributed by atoms with E-state index >= 15 is 0 Å². The van der Waals surface area contributed by atoms with Gasteiger partial charge in [0.05, 0.1) is 4.92 Å². The number of nitro groups is 1. The summed E-state index contributed by atoms with van der Waals surface area (Å²) in [6.07, 6.45) is 0. The summed E-state index contributed by atoms with van der Waals surface area (Å²) in [5, 5.41) is 12.8. The monoisotopic (exact) mass is 202 g/mol. The largest absolute Gasteiger partial charge is 0.377 e. The fourth-order valence-electron chi connectivity index (χ4n) is 1.04. The maximum atomic E-state index is 13.1. The minimum absolute atomic E-state index is 0.279. The number of halogens is 2. The van der Waals surface area contributed by atoms with E-state index in [-0.39, 0.29) is 6.54 Å². The number of benzene rings is 1. The van der Waals surface area contributed by atoms with E-state index < -0.39 is 27.9 Å². The predicted molar refractivity (Wildman–Crippen MR) is 47.2 cm³/mol. The van der Waals surface area contributed by atoms with Crippen LogP contribution in [-0.4, -0.2) is 11.5 Å². The molecule has 0 saturated heterocycles. The summed E-state index contributed by atoms with van der Waals surface area (Å²) in [7, 11) is 0. The number of hydrogen-bond donors (Lipinski definition) is 1. The molecule has 0 aliphatic heterocycles. The van der Waals surface area contributed by atoms with E-state index in [4.69, 9.17) is 0 Å². The van der Waals surface area contributed by atoms with Crippen molar-refractivity contribution in [2.24, 2.45) is 0 Å². The summed E-state index contributed by atoms with van der Waals surface area (Å²) < 4.78 is 25.8. The molecule has 1 aromatic rings. The van der Waals surface area contributed by atoms with Gasteiger partial charge in [0.15, 0.2) is 17.3 Å². The Morgan fingerprint density at radius 2 is 2.14 bits per heavy atom. The van der Waals surface area contributed by atoms with Gasteiger partial charge in [0.2, 0.25) is 0 Å². The van der Waals surface area contributed by atoms with Crippen LogP contribution >= 0.6 is 0 Å². The molecule has 6 heteroatoms. The fourth-order valence-corrected chi connectivity index (χ4v) is 1.04. The Morgan fingerprint density at radius 1 is 1.50 bits per heavy atom. The van der Waals surface area contributed by atoms with Gasteiger partial charge < -0.3 is 5.32 Å². The van der Waals surface area contributed by atoms with Gasteiger partial charge in [-0.3, -0.25) is 10.1 Å². The molecular formula is C8H8F2N2O2. The third-order valence-corrected chi connectivity index (χ3v) is 1.62. The summed E-state index contributed by atoms with van der Waals surface area (Å²) >= 11 is 0. The normalized spacial score (nSPS) is 9.93. The molecule has 4 nitrogen and oxygen atoms in total. The molecular weight excluding hydrogens is 194 g/mol. The van der Waals surface area contributed by atoms with Gasteiger partial charge in [-0.1, -0.05) is 0 Å². The third kappa shape index (κ3) is 1.78. The maximum Gasteiger partial charge on any atom is 0.295 e. The van der Waals surface area contributed by atoms with E-state index in [1.807, 2.05) is 0 Å². The summed E-state index contributed by atoms with van der Waals surface area (Å²) in [5.74, 6) is -2.33. The van der Waals surface area contributed by atoms with Crippen LogP contribution in [-0.2, 0) is 0 Å². The van der Waals surface area contributed by atoms with Crippen molar-refractivity contribution < 1.29 is 13.7 Å². The fraction of sp³-hybridized carbons (Fsp3) is 0.250. The van der Waals surface area contributed by atoms with Gasteiger partial charge in [-0.2, -0.15) is 0 Å². The zero-order chi connectivity index (χ0) is 10.7. The molecule has 0 heterocycles. The minimum Gasteiger partial charge on any atom is -0.377 e. The van der Waals surface area contributed by atoms with Gasteiger partial charge in [0.25, 0.3) is 5.69 Å². The lowest BCUT2D eigenvalue weighted by atomic mass is 10.2. The van der Waals surface area contributed by atoms with Crippen molar-refractivity contribution in [1.29, 1.82) is 0 Å². The number of nitrogens with zero attached hydrogens (tertiary/aromatic N) is 1. The smallest absolute Gasteiger partial charge is 0.295 e. The van der Waals surface area contributed by atoms with Crippen molar-refractivity contribution in [2.45, 2.75) is 6.92 Å². The lowest BCUT2D eigenvalue weighted by molar-refractivity contribution is -0.384. The van der Waals surface area contributed by atoms with Gasteiger partial charge in [0, 0.05) is 12.6 Å². The highest BCUT2D eigenvalue weighted by Crippen LogP contribution is 2.28. The molecule has 0 saturated carbocycles. The maximum absolute atomic E-state index is 13.1. The quantitative estimate of drug-likeness (QED) is 0.604. The number of anilines is 1. The summed E-state index contributed by atoms with van der Waals surface area (Å²) in [4.78, 5) is 9.67. The van der Waals surface area contributed by atoms with E-state index in [2.05, 4.69) is 5.32 Å². The predicted octanol–water partition coefficient (Wildman–Crippen LogP) is 2.30. The number of rotatable bonds is 3. The minimum atomic E-state index is -1.22. The zero-order valence-corrected chi connectivity index (χ0v) is 7.38. The second-order valence-electron chi connectivity index (χ2n) is 2.54. The van der Waals surface area contributed by atoms with Gasteiger partial charge in [-0.05, 0) is 13.0 Å². The molecule has 1 aromatic carbocycles. The van der Waals surface area contributed by atoms with E-state index in [9.17, 15) is 18.9 Å². The second-order valence-corrected chi connectivity index (χ2v) is 2.54. The Morgan fingerprint density at radius 3 is 2.64 bits per heavy atom. The number of hydrogen-bond acceptors (Lipinski definition) is 3. The number of nitrogens with one attached hydrogen (secondary N) is 1. The van der Waals surface area contributed by atoms with Gasteiger partial charge in [-0.25, -0.2) is 8.78 Å². The summed E-state index contributed by atoms with van der Waals surface area (Å²) in [6.45, 7) is 1.91. The molecule has 0 bridgehead atoms. The summed E-state index contributed by atoms with van der Waals surface area (Å²) in [5.41, 5.74) is -0.872. The SMILES string of the molecule is CCNc1c([N+](=O)[O-])ccc(F)c1F. The molecule has 14 heavy (non-hydrogen) atoms. The average molecular weight is 202 g/mol. The van der Waals surface area contributed by atoms with Crippen LogP contribution in [0.3, 0.4) is 0 Å². The first kappa shape index (κ1) is 10.4. The van der Waals surface area contributed by atoms with Crippen LogP contribution in [0.15, 0.2) is 12.1 Å². The first-order valence-corrected chi connectivity index (χ1v) is 3.94. The molecule has 0 unspecified atom stereocenters. The van der Waals surface area contributed by atoms with E-state index in [0.717, 1.165) is 12.1 Å². The Balaban J connectivity index is 3.29. The Bertz CT molecular complexity index is 369. The molecule has 0 spiro atoms. The molecule has 1 rings (SSSR count). The van der Waals surface area contributed by atoms with Gasteiger partial charge in [0.1, 0.15) is 0 Å². The molecule has 0 aromatic heterocycles. The Hall–Kier alpha value is -1.72. The third-order valence-electron chi connectivity index (χ3n) is 1.62. The van der Waals surface area contributed by atoms with E-state index in [0.29, 0.717) is 0 Å². The van der Waals surface area contributed by atoms with Crippen LogP contribution < -0.4 is 5.32 Å². The zero-order valence-electron chi connectivity index (χ0n) is 7.38. The molecule has 0 atom stereocenters. The van der Waals surface area contributed by atoms with Crippen molar-refractivity contribution in [3.8, 4) is 0 Å². The van der Waals surface area contributed by atoms with Crippen LogP contribution in [0.5, 0.6) is 0 Å². The highest BCUT2D eigenvalue weighted by Gasteiger charge is 2.20. The van der Waals surface area contributed by atoms with E-state index in [1.54, 1.807) is 6.92 Å². The van der Waals surface area contributed by atoms with E-state index in [1.165, 1.54) is 0 Å². The molecule has 0 fully saturated rings. The van der Waals surface area contributed by atoms with Crippen molar-refractivity contribution in [1.82, 2.24) is 0 Å². The standard InChI is InChI=1S/C8H8F2N2O2/c1-2-11-8-6(12(13)14)4-3-5(9)7(8)10/h3-4,11H,2H2,1H3. The topological polar surface area (TPSA) is 55.2 Å². The summed E-state index contributed by atoms with van der Waals surface area (Å²) in [6, 6.07) is 1.66. The lowest BCUT2D eigenvalue weighted by Gasteiger charge is -2.05. The highest BCUT2D eigenvalue weighted by molar-refractivity contribution is 5.62. The molecule has 0 amide bonds. The van der Waals surface area contributed by atoms with Gasteiger partial charge >= 0.3 is 0 Å². The van der Waals surface area contributed by atoms with Crippen molar-refractivity contribution in [3.05, 3.63) is 33.9 Å². The Labute approximate surface area is 78.7 Å². The second kappa shape index (κ2) is 3.99. The molecule has 0 aliphatic rings. The number of nitro benzene ring substituents is 1. The van der Waals surface area contributed by atoms with Crippen LogP contribution in [0.2, 0.25) is 0 Å². The van der Waals surface area contributed by atoms with Crippen LogP contribution in [0.4, 0.5) is 20.2 Å². The molecule has 76 valence electrons. The average Bonchev–Trinajstić information content (AvgIpc) is 2.13. The van der Waals surface area contributed by atoms with Crippen LogP contribution in [0.25, 0.3) is 0 Å². The molecule has 0 aliphatic carbocycles. The lowest BCUT2D eigenvalue weighted by Crippen LogP contribution is -2.05.